The second kappa shape index (κ2) is 13.5. The molecule has 6 unspecified atom stereocenters. The van der Waals surface area contributed by atoms with Gasteiger partial charge in [0.2, 0.25) is 29.5 Å². The Bertz CT molecular complexity index is 3080. The smallest absolute Gasteiger partial charge is 0.242 e. The molecule has 3 aromatic heterocycles. The van der Waals surface area contributed by atoms with Crippen LogP contribution in [0.15, 0.2) is 107 Å². The fourth-order valence-electron chi connectivity index (χ4n) is 10.6. The Morgan fingerprint density at radius 1 is 0.869 bits per heavy atom. The third-order valence-electron chi connectivity index (χ3n) is 13.5. The molecule has 4 aromatic carbocycles. The van der Waals surface area contributed by atoms with E-state index in [1.807, 2.05) is 55.5 Å². The molecule has 2 aliphatic carbocycles. The number of imide groups is 2. The van der Waals surface area contributed by atoms with E-state index in [0.29, 0.717) is 49.8 Å². The molecular formula is C47H35Cl2N5O6S. The van der Waals surface area contributed by atoms with Crippen molar-refractivity contribution in [2.75, 3.05) is 9.80 Å². The van der Waals surface area contributed by atoms with Crippen LogP contribution in [0, 0.1) is 36.0 Å². The largest absolute Gasteiger partial charge is 0.508 e. The number of allylic oxidation sites excluding steroid dienone is 2. The van der Waals surface area contributed by atoms with Crippen LogP contribution in [0.1, 0.15) is 36.8 Å². The molecule has 3 fully saturated rings. The summed E-state index contributed by atoms with van der Waals surface area (Å²) in [5, 5.41) is 18.2. The lowest BCUT2D eigenvalue weighted by atomic mass is 9.51. The van der Waals surface area contributed by atoms with Crippen LogP contribution in [0.25, 0.3) is 43.2 Å². The normalized spacial score (nSPS) is 24.8. The molecule has 6 atom stereocenters. The van der Waals surface area contributed by atoms with Crippen molar-refractivity contribution in [3.05, 3.63) is 124 Å². The molecule has 11 rings (SSSR count). The van der Waals surface area contributed by atoms with E-state index in [4.69, 9.17) is 32.7 Å². The first-order valence-corrected chi connectivity index (χ1v) is 21.5. The number of carbonyl (C=O) groups is 4. The maximum atomic E-state index is 15.2. The number of halogens is 2. The Balaban J connectivity index is 0.971. The number of aromatic nitrogens is 3. The van der Waals surface area contributed by atoms with Gasteiger partial charge in [-0.1, -0.05) is 47.0 Å². The summed E-state index contributed by atoms with van der Waals surface area (Å²) in [6.07, 6.45) is 2.34. The van der Waals surface area contributed by atoms with E-state index in [1.165, 1.54) is 15.9 Å². The Hall–Kier alpha value is -6.08. The van der Waals surface area contributed by atoms with E-state index in [0.717, 1.165) is 31.6 Å². The van der Waals surface area contributed by atoms with Crippen LogP contribution in [-0.4, -0.2) is 43.5 Å². The topological polar surface area (TPSA) is 139 Å². The Morgan fingerprint density at radius 2 is 1.62 bits per heavy atom. The van der Waals surface area contributed by atoms with Gasteiger partial charge in [-0.3, -0.25) is 28.8 Å². The molecule has 7 aromatic rings. The lowest BCUT2D eigenvalue weighted by Gasteiger charge is -2.49. The Morgan fingerprint density at radius 3 is 2.41 bits per heavy atom. The predicted molar refractivity (Wildman–Crippen MR) is 233 cm³/mol. The number of rotatable bonds is 5. The molecule has 304 valence electrons. The lowest BCUT2D eigenvalue weighted by Crippen LogP contribution is -2.49. The number of phenols is 1. The fourth-order valence-corrected chi connectivity index (χ4v) is 12.1. The number of aromatic hydroxyl groups is 1. The highest BCUT2D eigenvalue weighted by Crippen LogP contribution is 2.64. The summed E-state index contributed by atoms with van der Waals surface area (Å²) in [7, 11) is 1.70. The number of phenolic OH excluding ortho intramolecular Hbond substituents is 1. The van der Waals surface area contributed by atoms with E-state index in [2.05, 4.69) is 4.98 Å². The SMILES string of the molecule is Cc1c(-c2cc(N3C(=O)C4CC5C(=CCC6C(=O)N(c7ccc(-c8nc9ccccc9o8)cc7)C(=O)C65)C(c5cc(Cl)ccc5O)C4(C)C3=O)n(C)n2)sc2ccc(Cl)cc12. The van der Waals surface area contributed by atoms with Gasteiger partial charge in [-0.25, -0.2) is 9.88 Å². The average Bonchev–Trinajstić information content (AvgIpc) is 4.03. The van der Waals surface area contributed by atoms with Crippen molar-refractivity contribution in [2.24, 2.45) is 36.1 Å². The van der Waals surface area contributed by atoms with E-state index >= 15 is 9.59 Å². The zero-order chi connectivity index (χ0) is 42.2. The first-order valence-electron chi connectivity index (χ1n) is 20.0. The van der Waals surface area contributed by atoms with Crippen molar-refractivity contribution in [1.82, 2.24) is 14.8 Å². The summed E-state index contributed by atoms with van der Waals surface area (Å²) in [5.74, 6) is -4.77. The zero-order valence-electron chi connectivity index (χ0n) is 32.9. The minimum atomic E-state index is -1.39. The van der Waals surface area contributed by atoms with Gasteiger partial charge in [0.15, 0.2) is 5.58 Å². The summed E-state index contributed by atoms with van der Waals surface area (Å²) in [4.78, 5) is 67.2. The van der Waals surface area contributed by atoms with Crippen LogP contribution >= 0.6 is 34.5 Å². The molecular weight excluding hydrogens is 834 g/mol. The van der Waals surface area contributed by atoms with E-state index in [-0.39, 0.29) is 30.4 Å². The van der Waals surface area contributed by atoms with Gasteiger partial charge >= 0.3 is 0 Å². The van der Waals surface area contributed by atoms with Crippen molar-refractivity contribution in [1.29, 1.82) is 0 Å². The van der Waals surface area contributed by atoms with Gasteiger partial charge in [0, 0.05) is 44.9 Å². The number of hydrogen-bond acceptors (Lipinski definition) is 9. The summed E-state index contributed by atoms with van der Waals surface area (Å²) >= 11 is 14.5. The van der Waals surface area contributed by atoms with Crippen LogP contribution in [0.2, 0.25) is 10.0 Å². The van der Waals surface area contributed by atoms with Crippen molar-refractivity contribution in [3.8, 4) is 27.8 Å². The van der Waals surface area contributed by atoms with Gasteiger partial charge in [-0.2, -0.15) is 5.10 Å². The van der Waals surface area contributed by atoms with Gasteiger partial charge in [0.25, 0.3) is 0 Å². The van der Waals surface area contributed by atoms with Crippen LogP contribution in [-0.2, 0) is 26.2 Å². The number of aryl methyl sites for hydroxylation is 2. The number of carbonyl (C=O) groups excluding carboxylic acids is 4. The van der Waals surface area contributed by atoms with Crippen LogP contribution < -0.4 is 9.80 Å². The number of thiophene rings is 1. The quantitative estimate of drug-likeness (QED) is 0.133. The number of hydrogen-bond donors (Lipinski definition) is 1. The molecule has 4 amide bonds. The number of nitrogens with zero attached hydrogens (tertiary/aromatic N) is 5. The summed E-state index contributed by atoms with van der Waals surface area (Å²) in [5.41, 5.74) is 3.78. The summed E-state index contributed by atoms with van der Waals surface area (Å²) in [6, 6.07) is 26.6. The highest BCUT2D eigenvalue weighted by atomic mass is 35.5. The number of benzene rings is 4. The van der Waals surface area contributed by atoms with E-state index in [1.54, 1.807) is 72.5 Å². The molecule has 0 bridgehead atoms. The van der Waals surface area contributed by atoms with E-state index < -0.39 is 46.8 Å². The summed E-state index contributed by atoms with van der Waals surface area (Å²) in [6.45, 7) is 3.77. The van der Waals surface area contributed by atoms with Crippen molar-refractivity contribution >= 4 is 90.9 Å². The number of amides is 4. The molecule has 11 nitrogen and oxygen atoms in total. The predicted octanol–water partition coefficient (Wildman–Crippen LogP) is 9.87. The lowest BCUT2D eigenvalue weighted by molar-refractivity contribution is -0.131. The second-order valence-corrected chi connectivity index (χ2v) is 18.5. The third-order valence-corrected chi connectivity index (χ3v) is 15.2. The standard InChI is InChI=1S/C47H35Cl2N5O6S/c1-22-29-18-25(49)11-17-37(29)61-41(22)34-21-38(52(3)51-34)54-44(57)32-20-30-27(40(47(32,2)46(54)59)31-19-24(48)10-16-35(31)55)14-15-28-39(30)45(58)53(43(28)56)26-12-8-23(9-13-26)42-50-33-6-4-5-7-36(33)60-42/h4-14,16-19,21,28,30,32,39-40,55H,15,20H2,1-3H3. The minimum Gasteiger partial charge on any atom is -0.508 e. The highest BCUT2D eigenvalue weighted by Gasteiger charge is 2.68. The first-order chi connectivity index (χ1) is 29.3. The van der Waals surface area contributed by atoms with Crippen molar-refractivity contribution in [2.45, 2.75) is 32.6 Å². The van der Waals surface area contributed by atoms with Crippen molar-refractivity contribution < 1.29 is 28.7 Å². The second-order valence-electron chi connectivity index (χ2n) is 16.6. The molecule has 1 saturated carbocycles. The van der Waals surface area contributed by atoms with Gasteiger partial charge in [0.05, 0.1) is 33.7 Å². The molecule has 0 spiro atoms. The maximum Gasteiger partial charge on any atom is 0.242 e. The molecule has 1 N–H and O–H groups in total. The molecule has 14 heteroatoms. The van der Waals surface area contributed by atoms with Crippen LogP contribution in [0.4, 0.5) is 11.5 Å². The van der Waals surface area contributed by atoms with Gasteiger partial charge < -0.3 is 9.52 Å². The molecule has 4 aliphatic rings. The Kier molecular flexibility index (Phi) is 8.36. The summed E-state index contributed by atoms with van der Waals surface area (Å²) < 4.78 is 8.52. The highest BCUT2D eigenvalue weighted by molar-refractivity contribution is 7.22. The molecule has 2 saturated heterocycles. The number of fused-ring (bicyclic) bond motifs is 6. The monoisotopic (exact) mass is 867 g/mol. The molecule has 61 heavy (non-hydrogen) atoms. The Labute approximate surface area is 362 Å². The number of oxazole rings is 1. The molecule has 2 aliphatic heterocycles. The van der Waals surface area contributed by atoms with Crippen molar-refractivity contribution in [3.63, 3.8) is 0 Å². The van der Waals surface area contributed by atoms with Crippen LogP contribution in [0.3, 0.4) is 0 Å². The number of anilines is 2. The van der Waals surface area contributed by atoms with Gasteiger partial charge in [-0.15, -0.1) is 11.3 Å². The molecule has 0 radical (unpaired) electrons. The van der Waals surface area contributed by atoms with Gasteiger partial charge in [-0.05, 0) is 116 Å². The van der Waals surface area contributed by atoms with E-state index in [9.17, 15) is 14.7 Å². The zero-order valence-corrected chi connectivity index (χ0v) is 35.3. The fraction of sp³-hybridized carbons (Fsp3) is 0.234. The van der Waals surface area contributed by atoms with Crippen LogP contribution in [0.5, 0.6) is 5.75 Å². The molecule has 5 heterocycles. The van der Waals surface area contributed by atoms with Gasteiger partial charge in [0.1, 0.15) is 22.8 Å². The maximum absolute atomic E-state index is 15.2. The average molecular weight is 869 g/mol. The first kappa shape index (κ1) is 37.9. The number of para-hydroxylation sites is 2. The third kappa shape index (κ3) is 5.41. The minimum absolute atomic E-state index is 0.0885.